The fourth-order valence-corrected chi connectivity index (χ4v) is 2.22. The van der Waals surface area contributed by atoms with Crippen molar-refractivity contribution >= 4 is 33.8 Å². The lowest BCUT2D eigenvalue weighted by Gasteiger charge is -2.10. The Bertz CT molecular complexity index is 473. The van der Waals surface area contributed by atoms with E-state index in [-0.39, 0.29) is 0 Å². The zero-order chi connectivity index (χ0) is 12.1. The zero-order valence-electron chi connectivity index (χ0n) is 9.44. The Morgan fingerprint density at radius 3 is 3.00 bits per heavy atom. The van der Waals surface area contributed by atoms with Crippen LogP contribution >= 0.6 is 22.9 Å². The first kappa shape index (κ1) is 12.2. The van der Waals surface area contributed by atoms with Crippen molar-refractivity contribution in [3.05, 3.63) is 35.3 Å². The van der Waals surface area contributed by atoms with Crippen LogP contribution in [0.5, 0.6) is 5.75 Å². The Morgan fingerprint density at radius 2 is 2.35 bits per heavy atom. The van der Waals surface area contributed by atoms with Crippen LogP contribution in [0.4, 0.5) is 10.8 Å². The quantitative estimate of drug-likeness (QED) is 0.832. The van der Waals surface area contributed by atoms with Crippen LogP contribution in [-0.4, -0.2) is 11.6 Å². The Kier molecular flexibility index (Phi) is 4.23. The number of halogens is 1. The molecule has 3 nitrogen and oxygen atoms in total. The van der Waals surface area contributed by atoms with Crippen molar-refractivity contribution in [2.75, 3.05) is 11.9 Å². The minimum atomic E-state index is 0.433. The van der Waals surface area contributed by atoms with Crippen molar-refractivity contribution in [3.8, 4) is 5.75 Å². The molecule has 2 rings (SSSR count). The summed E-state index contributed by atoms with van der Waals surface area (Å²) in [5.74, 6) is 1.27. The predicted molar refractivity (Wildman–Crippen MR) is 72.6 cm³/mol. The third kappa shape index (κ3) is 3.11. The van der Waals surface area contributed by atoms with E-state index < -0.39 is 0 Å². The summed E-state index contributed by atoms with van der Waals surface area (Å²) in [5, 5.41) is 6.02. The lowest BCUT2D eigenvalue weighted by atomic mass is 10.2. The molecule has 17 heavy (non-hydrogen) atoms. The second-order valence-corrected chi connectivity index (χ2v) is 4.51. The lowest BCUT2D eigenvalue weighted by Crippen LogP contribution is -1.97. The molecule has 0 fully saturated rings. The maximum absolute atomic E-state index is 5.90. The summed E-state index contributed by atoms with van der Waals surface area (Å²) in [5.41, 5.74) is 1.95. The zero-order valence-corrected chi connectivity index (χ0v) is 11.0. The Morgan fingerprint density at radius 1 is 1.47 bits per heavy atom. The monoisotopic (exact) mass is 268 g/mol. The number of alkyl halides is 1. The first-order chi connectivity index (χ1) is 8.33. The highest BCUT2D eigenvalue weighted by Gasteiger charge is 2.05. The Balaban J connectivity index is 2.19. The van der Waals surface area contributed by atoms with Crippen LogP contribution in [0.2, 0.25) is 0 Å². The summed E-state index contributed by atoms with van der Waals surface area (Å²) in [4.78, 5) is 4.17. The van der Waals surface area contributed by atoms with E-state index in [9.17, 15) is 0 Å². The molecule has 0 aliphatic heterocycles. The van der Waals surface area contributed by atoms with Gasteiger partial charge in [-0.25, -0.2) is 4.98 Å². The van der Waals surface area contributed by atoms with Gasteiger partial charge in [0.1, 0.15) is 5.75 Å². The molecule has 0 spiro atoms. The van der Waals surface area contributed by atoms with Gasteiger partial charge < -0.3 is 10.1 Å². The largest absolute Gasteiger partial charge is 0.494 e. The van der Waals surface area contributed by atoms with E-state index in [1.54, 1.807) is 17.5 Å². The molecule has 5 heteroatoms. The fourth-order valence-electron chi connectivity index (χ4n) is 1.47. The van der Waals surface area contributed by atoms with Crippen molar-refractivity contribution < 1.29 is 4.74 Å². The highest BCUT2D eigenvalue weighted by Crippen LogP contribution is 2.27. The number of nitrogens with one attached hydrogen (secondary N) is 1. The molecule has 0 aliphatic carbocycles. The van der Waals surface area contributed by atoms with Crippen molar-refractivity contribution in [2.45, 2.75) is 12.8 Å². The molecule has 1 heterocycles. The van der Waals surface area contributed by atoms with Crippen LogP contribution in [0, 0.1) is 0 Å². The predicted octanol–water partition coefficient (Wildman–Crippen LogP) is 4.02. The van der Waals surface area contributed by atoms with Gasteiger partial charge in [-0.05, 0) is 25.1 Å². The van der Waals surface area contributed by atoms with Crippen LogP contribution in [0.15, 0.2) is 29.8 Å². The van der Waals surface area contributed by atoms with E-state index >= 15 is 0 Å². The normalized spacial score (nSPS) is 10.2. The summed E-state index contributed by atoms with van der Waals surface area (Å²) < 4.78 is 5.49. The summed E-state index contributed by atoms with van der Waals surface area (Å²) >= 11 is 7.46. The van der Waals surface area contributed by atoms with Gasteiger partial charge >= 0.3 is 0 Å². The van der Waals surface area contributed by atoms with Crippen molar-refractivity contribution in [1.29, 1.82) is 0 Å². The molecule has 1 aromatic carbocycles. The maximum atomic E-state index is 5.90. The average Bonchev–Trinajstić information content (AvgIpc) is 2.84. The van der Waals surface area contributed by atoms with Gasteiger partial charge in [-0.15, -0.1) is 22.9 Å². The number of thiazole rings is 1. The van der Waals surface area contributed by atoms with Gasteiger partial charge in [0.2, 0.25) is 0 Å². The van der Waals surface area contributed by atoms with Crippen molar-refractivity contribution in [1.82, 2.24) is 4.98 Å². The SMILES string of the molecule is CCOc1ccc(Nc2nccs2)cc1CCl. The molecular formula is C12H13ClN2OS. The molecule has 90 valence electrons. The van der Waals surface area contributed by atoms with Gasteiger partial charge in [0.25, 0.3) is 0 Å². The molecule has 0 atom stereocenters. The molecule has 0 radical (unpaired) electrons. The third-order valence-electron chi connectivity index (χ3n) is 2.19. The summed E-state index contributed by atoms with van der Waals surface area (Å²) in [6.07, 6.45) is 1.77. The molecule has 0 aliphatic rings. The molecule has 0 saturated heterocycles. The summed E-state index contributed by atoms with van der Waals surface area (Å²) in [6.45, 7) is 2.60. The first-order valence-electron chi connectivity index (χ1n) is 5.31. The fraction of sp³-hybridized carbons (Fsp3) is 0.250. The number of hydrogen-bond donors (Lipinski definition) is 1. The van der Waals surface area contributed by atoms with Crippen molar-refractivity contribution in [2.24, 2.45) is 0 Å². The number of ether oxygens (including phenoxy) is 1. The standard InChI is InChI=1S/C12H13ClN2OS/c1-2-16-11-4-3-10(7-9(11)8-13)15-12-14-5-6-17-12/h3-7H,2,8H2,1H3,(H,14,15). The van der Waals surface area contributed by atoms with E-state index in [0.29, 0.717) is 12.5 Å². The first-order valence-corrected chi connectivity index (χ1v) is 6.73. The molecule has 1 aromatic heterocycles. The number of anilines is 2. The Hall–Kier alpha value is -1.26. The van der Waals surface area contributed by atoms with Gasteiger partial charge in [0.15, 0.2) is 5.13 Å². The summed E-state index contributed by atoms with van der Waals surface area (Å²) in [7, 11) is 0. The second-order valence-electron chi connectivity index (χ2n) is 3.35. The van der Waals surface area contributed by atoms with Gasteiger partial charge in [0, 0.05) is 22.8 Å². The molecule has 0 unspecified atom stereocenters. The molecule has 0 amide bonds. The number of aromatic nitrogens is 1. The molecule has 0 saturated carbocycles. The smallest absolute Gasteiger partial charge is 0.187 e. The van der Waals surface area contributed by atoms with Crippen LogP contribution in [-0.2, 0) is 5.88 Å². The van der Waals surface area contributed by atoms with Gasteiger partial charge in [0.05, 0.1) is 12.5 Å². The minimum absolute atomic E-state index is 0.433. The van der Waals surface area contributed by atoms with Crippen molar-refractivity contribution in [3.63, 3.8) is 0 Å². The van der Waals surface area contributed by atoms with E-state index in [4.69, 9.17) is 16.3 Å². The lowest BCUT2D eigenvalue weighted by molar-refractivity contribution is 0.337. The van der Waals surface area contributed by atoms with Crippen LogP contribution in [0.3, 0.4) is 0 Å². The maximum Gasteiger partial charge on any atom is 0.187 e. The van der Waals surface area contributed by atoms with E-state index in [1.807, 2.05) is 30.5 Å². The van der Waals surface area contributed by atoms with E-state index in [2.05, 4.69) is 10.3 Å². The number of hydrogen-bond acceptors (Lipinski definition) is 4. The third-order valence-corrected chi connectivity index (χ3v) is 3.16. The molecule has 1 N–H and O–H groups in total. The van der Waals surface area contributed by atoms with Crippen LogP contribution < -0.4 is 10.1 Å². The summed E-state index contributed by atoms with van der Waals surface area (Å²) in [6, 6.07) is 5.87. The minimum Gasteiger partial charge on any atom is -0.494 e. The average molecular weight is 269 g/mol. The van der Waals surface area contributed by atoms with E-state index in [0.717, 1.165) is 22.1 Å². The molecular weight excluding hydrogens is 256 g/mol. The number of benzene rings is 1. The highest BCUT2D eigenvalue weighted by atomic mass is 35.5. The molecule has 0 bridgehead atoms. The van der Waals surface area contributed by atoms with Gasteiger partial charge in [-0.1, -0.05) is 0 Å². The topological polar surface area (TPSA) is 34.1 Å². The molecule has 2 aromatic rings. The Labute approximate surface area is 109 Å². The van der Waals surface area contributed by atoms with Crippen LogP contribution in [0.25, 0.3) is 0 Å². The number of nitrogens with zero attached hydrogens (tertiary/aromatic N) is 1. The van der Waals surface area contributed by atoms with Gasteiger partial charge in [-0.3, -0.25) is 0 Å². The second kappa shape index (κ2) is 5.89. The number of rotatable bonds is 5. The van der Waals surface area contributed by atoms with E-state index in [1.165, 1.54) is 0 Å². The highest BCUT2D eigenvalue weighted by molar-refractivity contribution is 7.13. The van der Waals surface area contributed by atoms with Crippen LogP contribution in [0.1, 0.15) is 12.5 Å². The van der Waals surface area contributed by atoms with Gasteiger partial charge in [-0.2, -0.15) is 0 Å².